The summed E-state index contributed by atoms with van der Waals surface area (Å²) in [6, 6.07) is 0. The highest BCUT2D eigenvalue weighted by Crippen LogP contribution is 2.42. The van der Waals surface area contributed by atoms with Gasteiger partial charge < -0.3 is 10.5 Å². The molecule has 2 rings (SSSR count). The Morgan fingerprint density at radius 3 is 2.80 bits per heavy atom. The van der Waals surface area contributed by atoms with Gasteiger partial charge in [-0.3, -0.25) is 0 Å². The quantitative estimate of drug-likeness (QED) is 0.903. The third kappa shape index (κ3) is 2.98. The summed E-state index contributed by atoms with van der Waals surface area (Å²) in [5.74, 6) is 1.91. The molecule has 1 heterocycles. The van der Waals surface area contributed by atoms with E-state index in [0.717, 1.165) is 48.1 Å². The summed E-state index contributed by atoms with van der Waals surface area (Å²) in [5, 5.41) is 0. The Hall–Kier alpha value is -0.680. The Bertz CT molecular complexity index is 480. The van der Waals surface area contributed by atoms with Crippen molar-refractivity contribution in [3.63, 3.8) is 0 Å². The molecule has 2 unspecified atom stereocenters. The second-order valence-corrected chi connectivity index (χ2v) is 6.64. The van der Waals surface area contributed by atoms with Crippen LogP contribution in [-0.4, -0.2) is 17.1 Å². The molecule has 0 radical (unpaired) electrons. The number of halogens is 1. The highest BCUT2D eigenvalue weighted by atomic mass is 79.9. The van der Waals surface area contributed by atoms with Crippen LogP contribution in [0.2, 0.25) is 0 Å². The van der Waals surface area contributed by atoms with Crippen LogP contribution < -0.4 is 5.73 Å². The smallest absolute Gasteiger partial charge is 0.162 e. The van der Waals surface area contributed by atoms with Gasteiger partial charge in [-0.25, -0.2) is 9.97 Å². The van der Waals surface area contributed by atoms with Crippen molar-refractivity contribution in [3.8, 4) is 0 Å². The maximum absolute atomic E-state index is 6.05. The average Bonchev–Trinajstić information content (AvgIpc) is 2.43. The summed E-state index contributed by atoms with van der Waals surface area (Å²) in [6.45, 7) is 4.40. The molecule has 0 spiro atoms. The fraction of sp³-hybridized carbons (Fsp3) is 0.733. The number of rotatable bonds is 4. The molecule has 1 aromatic heterocycles. The van der Waals surface area contributed by atoms with Gasteiger partial charge >= 0.3 is 0 Å². The van der Waals surface area contributed by atoms with Crippen molar-refractivity contribution in [1.29, 1.82) is 0 Å². The van der Waals surface area contributed by atoms with Crippen molar-refractivity contribution in [2.45, 2.75) is 58.0 Å². The first-order chi connectivity index (χ1) is 9.52. The van der Waals surface area contributed by atoms with Crippen molar-refractivity contribution in [1.82, 2.24) is 9.97 Å². The van der Waals surface area contributed by atoms with Crippen molar-refractivity contribution in [2.75, 3.05) is 12.8 Å². The first-order valence-electron chi connectivity index (χ1n) is 7.40. The Kier molecular flexibility index (Phi) is 5.02. The van der Waals surface area contributed by atoms with Gasteiger partial charge in [0.15, 0.2) is 5.82 Å². The Morgan fingerprint density at radius 1 is 1.45 bits per heavy atom. The van der Waals surface area contributed by atoms with Gasteiger partial charge in [0.25, 0.3) is 0 Å². The summed E-state index contributed by atoms with van der Waals surface area (Å²) in [7, 11) is 1.76. The van der Waals surface area contributed by atoms with Gasteiger partial charge in [0.05, 0.1) is 10.2 Å². The van der Waals surface area contributed by atoms with Crippen LogP contribution >= 0.6 is 15.9 Å². The normalized spacial score (nSPS) is 26.7. The number of nitrogens with two attached hydrogens (primary N) is 1. The van der Waals surface area contributed by atoms with Gasteiger partial charge in [0, 0.05) is 7.11 Å². The molecule has 1 aliphatic rings. The van der Waals surface area contributed by atoms with Gasteiger partial charge in [0.1, 0.15) is 11.4 Å². The van der Waals surface area contributed by atoms with Crippen molar-refractivity contribution in [3.05, 3.63) is 16.0 Å². The SMILES string of the molecule is CCCc1nc(C2(OC)CCCC(C)C2)nc(N)c1Br. The number of aryl methyl sites for hydroxylation is 1. The summed E-state index contributed by atoms with van der Waals surface area (Å²) in [5.41, 5.74) is 6.68. The molecule has 2 atom stereocenters. The number of hydrogen-bond donors (Lipinski definition) is 1. The van der Waals surface area contributed by atoms with Crippen LogP contribution in [0.1, 0.15) is 57.5 Å². The molecule has 1 aromatic rings. The number of aromatic nitrogens is 2. The van der Waals surface area contributed by atoms with E-state index in [0.29, 0.717) is 11.7 Å². The van der Waals surface area contributed by atoms with E-state index in [1.165, 1.54) is 6.42 Å². The van der Waals surface area contributed by atoms with Gasteiger partial charge in [-0.1, -0.05) is 26.7 Å². The Balaban J connectivity index is 2.44. The van der Waals surface area contributed by atoms with E-state index in [2.05, 4.69) is 34.8 Å². The fourth-order valence-electron chi connectivity index (χ4n) is 3.10. The molecule has 0 aromatic carbocycles. The molecule has 1 saturated carbocycles. The highest BCUT2D eigenvalue weighted by Gasteiger charge is 2.40. The van der Waals surface area contributed by atoms with Crippen LogP contribution in [-0.2, 0) is 16.8 Å². The molecule has 0 bridgehead atoms. The van der Waals surface area contributed by atoms with E-state index < -0.39 is 0 Å². The average molecular weight is 342 g/mol. The van der Waals surface area contributed by atoms with Crippen LogP contribution in [0.25, 0.3) is 0 Å². The molecule has 20 heavy (non-hydrogen) atoms. The second-order valence-electron chi connectivity index (χ2n) is 5.84. The number of ether oxygens (including phenoxy) is 1. The third-order valence-corrected chi connectivity index (χ3v) is 5.05. The summed E-state index contributed by atoms with van der Waals surface area (Å²) in [4.78, 5) is 9.27. The van der Waals surface area contributed by atoms with Crippen molar-refractivity contribution < 1.29 is 4.74 Å². The maximum Gasteiger partial charge on any atom is 0.162 e. The molecule has 1 fully saturated rings. The molecule has 1 aliphatic carbocycles. The topological polar surface area (TPSA) is 61.0 Å². The Labute approximate surface area is 129 Å². The first kappa shape index (κ1) is 15.7. The predicted octanol–water partition coefficient (Wildman–Crippen LogP) is 3.83. The zero-order valence-corrected chi connectivity index (χ0v) is 14.2. The van der Waals surface area contributed by atoms with Crippen LogP contribution in [0.3, 0.4) is 0 Å². The monoisotopic (exact) mass is 341 g/mol. The summed E-state index contributed by atoms with van der Waals surface area (Å²) >= 11 is 3.50. The van der Waals surface area contributed by atoms with E-state index in [9.17, 15) is 0 Å². The molecule has 4 nitrogen and oxygen atoms in total. The second kappa shape index (κ2) is 6.39. The zero-order valence-electron chi connectivity index (χ0n) is 12.6. The van der Waals surface area contributed by atoms with E-state index in [1.54, 1.807) is 7.11 Å². The van der Waals surface area contributed by atoms with Gasteiger partial charge in [0.2, 0.25) is 0 Å². The Morgan fingerprint density at radius 2 is 2.20 bits per heavy atom. The van der Waals surface area contributed by atoms with Gasteiger partial charge in [-0.05, 0) is 47.5 Å². The predicted molar refractivity (Wildman–Crippen MR) is 84.5 cm³/mol. The summed E-state index contributed by atoms with van der Waals surface area (Å²) in [6.07, 6.45) is 6.27. The van der Waals surface area contributed by atoms with Crippen LogP contribution in [0.5, 0.6) is 0 Å². The van der Waals surface area contributed by atoms with Crippen LogP contribution in [0.15, 0.2) is 4.47 Å². The standard InChI is InChI=1S/C15H24BrN3O/c1-4-6-11-12(16)13(17)19-14(18-11)15(20-3)8-5-7-10(2)9-15/h10H,4-9H2,1-3H3,(H2,17,18,19). The lowest BCUT2D eigenvalue weighted by Crippen LogP contribution is -2.36. The minimum Gasteiger partial charge on any atom is -0.383 e. The van der Waals surface area contributed by atoms with E-state index in [1.807, 2.05) is 0 Å². The molecule has 0 amide bonds. The van der Waals surface area contributed by atoms with E-state index in [-0.39, 0.29) is 5.60 Å². The lowest BCUT2D eigenvalue weighted by atomic mass is 9.78. The third-order valence-electron chi connectivity index (χ3n) is 4.19. The van der Waals surface area contributed by atoms with Gasteiger partial charge in [-0.2, -0.15) is 0 Å². The largest absolute Gasteiger partial charge is 0.383 e. The zero-order chi connectivity index (χ0) is 14.8. The fourth-order valence-corrected chi connectivity index (χ4v) is 3.48. The van der Waals surface area contributed by atoms with E-state index >= 15 is 0 Å². The molecule has 112 valence electrons. The highest BCUT2D eigenvalue weighted by molar-refractivity contribution is 9.10. The maximum atomic E-state index is 6.05. The number of nitrogens with zero attached hydrogens (tertiary/aromatic N) is 2. The lowest BCUT2D eigenvalue weighted by molar-refractivity contribution is -0.0646. The minimum atomic E-state index is -0.366. The summed E-state index contributed by atoms with van der Waals surface area (Å²) < 4.78 is 6.70. The molecule has 2 N–H and O–H groups in total. The van der Waals surface area contributed by atoms with Crippen molar-refractivity contribution >= 4 is 21.7 Å². The van der Waals surface area contributed by atoms with E-state index in [4.69, 9.17) is 15.5 Å². The first-order valence-corrected chi connectivity index (χ1v) is 8.19. The van der Waals surface area contributed by atoms with Crippen LogP contribution in [0, 0.1) is 5.92 Å². The molecule has 5 heteroatoms. The molecular weight excluding hydrogens is 318 g/mol. The number of methoxy groups -OCH3 is 1. The number of hydrogen-bond acceptors (Lipinski definition) is 4. The van der Waals surface area contributed by atoms with Crippen molar-refractivity contribution in [2.24, 2.45) is 5.92 Å². The van der Waals surface area contributed by atoms with Gasteiger partial charge in [-0.15, -0.1) is 0 Å². The number of nitrogen functional groups attached to an aromatic ring is 1. The molecule has 0 aliphatic heterocycles. The molecule has 0 saturated heterocycles. The lowest BCUT2D eigenvalue weighted by Gasteiger charge is -2.37. The minimum absolute atomic E-state index is 0.366. The number of anilines is 1. The van der Waals surface area contributed by atoms with Crippen LogP contribution in [0.4, 0.5) is 5.82 Å². The molecular formula is C15H24BrN3O.